The van der Waals surface area contributed by atoms with Crippen LogP contribution in [0.25, 0.3) is 10.2 Å². The molecule has 35 heavy (non-hydrogen) atoms. The topological polar surface area (TPSA) is 58.6 Å². The van der Waals surface area contributed by atoms with Gasteiger partial charge in [0.1, 0.15) is 17.0 Å². The molecule has 1 unspecified atom stereocenters. The van der Waals surface area contributed by atoms with Gasteiger partial charge in [0, 0.05) is 42.9 Å². The van der Waals surface area contributed by atoms with Crippen LogP contribution in [0, 0.1) is 17.3 Å². The molecule has 1 spiro atoms. The Morgan fingerprint density at radius 1 is 1.14 bits per heavy atom. The van der Waals surface area contributed by atoms with Gasteiger partial charge in [0.15, 0.2) is 0 Å². The largest absolute Gasteiger partial charge is 0.469 e. The van der Waals surface area contributed by atoms with Gasteiger partial charge in [-0.25, -0.2) is 9.97 Å². The Labute approximate surface area is 207 Å². The van der Waals surface area contributed by atoms with E-state index in [4.69, 9.17) is 4.74 Å². The first-order valence-electron chi connectivity index (χ1n) is 12.6. The van der Waals surface area contributed by atoms with Gasteiger partial charge in [0.05, 0.1) is 18.9 Å². The molecule has 4 heterocycles. The molecule has 1 aliphatic carbocycles. The number of carbonyl (C=O) groups is 1. The highest BCUT2D eigenvalue weighted by molar-refractivity contribution is 7.18. The predicted octanol–water partition coefficient (Wildman–Crippen LogP) is 5.07. The zero-order chi connectivity index (χ0) is 24.6. The van der Waals surface area contributed by atoms with Gasteiger partial charge in [0.25, 0.3) is 0 Å². The first kappa shape index (κ1) is 24.7. The predicted molar refractivity (Wildman–Crippen MR) is 130 cm³/mol. The Bertz CT molecular complexity index is 1050. The van der Waals surface area contributed by atoms with E-state index in [2.05, 4.69) is 19.8 Å². The van der Waals surface area contributed by atoms with Gasteiger partial charge in [0.2, 0.25) is 0 Å². The summed E-state index contributed by atoms with van der Waals surface area (Å²) in [7, 11) is 1.46. The van der Waals surface area contributed by atoms with Crippen molar-refractivity contribution in [1.29, 1.82) is 0 Å². The minimum Gasteiger partial charge on any atom is -0.469 e. The number of rotatable bonds is 6. The molecule has 0 amide bonds. The van der Waals surface area contributed by atoms with Crippen LogP contribution in [0.2, 0.25) is 0 Å². The molecule has 5 rings (SSSR count). The van der Waals surface area contributed by atoms with Crippen LogP contribution in [0.3, 0.4) is 0 Å². The van der Waals surface area contributed by atoms with Crippen molar-refractivity contribution in [1.82, 2.24) is 14.9 Å². The highest BCUT2D eigenvalue weighted by Crippen LogP contribution is 2.43. The number of ether oxygens (including phenoxy) is 1. The number of anilines is 1. The van der Waals surface area contributed by atoms with E-state index in [9.17, 15) is 18.0 Å². The van der Waals surface area contributed by atoms with Crippen LogP contribution in [0.15, 0.2) is 12.4 Å². The molecule has 0 N–H and O–H groups in total. The van der Waals surface area contributed by atoms with Crippen LogP contribution in [0.4, 0.5) is 19.0 Å². The molecule has 10 heteroatoms. The molecule has 0 bridgehead atoms. The maximum absolute atomic E-state index is 12.9. The maximum Gasteiger partial charge on any atom is 0.393 e. The van der Waals surface area contributed by atoms with Crippen LogP contribution in [-0.2, 0) is 16.0 Å². The molecule has 2 aliphatic heterocycles. The summed E-state index contributed by atoms with van der Waals surface area (Å²) >= 11 is 1.11. The fourth-order valence-corrected chi connectivity index (χ4v) is 7.39. The first-order chi connectivity index (χ1) is 16.7. The molecule has 192 valence electrons. The third-order valence-electron chi connectivity index (χ3n) is 8.16. The van der Waals surface area contributed by atoms with Crippen LogP contribution >= 0.6 is 11.3 Å². The molecule has 2 saturated heterocycles. The van der Waals surface area contributed by atoms with E-state index in [1.54, 1.807) is 6.07 Å². The highest BCUT2D eigenvalue weighted by Gasteiger charge is 2.44. The summed E-state index contributed by atoms with van der Waals surface area (Å²) in [4.78, 5) is 26.1. The highest BCUT2D eigenvalue weighted by atomic mass is 32.1. The van der Waals surface area contributed by atoms with Crippen molar-refractivity contribution >= 4 is 33.3 Å². The lowest BCUT2D eigenvalue weighted by atomic mass is 9.80. The zero-order valence-corrected chi connectivity index (χ0v) is 21.0. The summed E-state index contributed by atoms with van der Waals surface area (Å²) in [6, 6.07) is 1.63. The Kier molecular flexibility index (Phi) is 6.96. The van der Waals surface area contributed by atoms with Crippen molar-refractivity contribution in [2.45, 2.75) is 57.5 Å². The molecule has 2 aromatic rings. The van der Waals surface area contributed by atoms with Crippen LogP contribution in [0.1, 0.15) is 49.8 Å². The number of halogens is 3. The van der Waals surface area contributed by atoms with Crippen molar-refractivity contribution in [2.75, 3.05) is 44.7 Å². The summed E-state index contributed by atoms with van der Waals surface area (Å²) in [5, 5.41) is 0.743. The summed E-state index contributed by atoms with van der Waals surface area (Å²) in [6.07, 6.45) is 3.68. The first-order valence-corrected chi connectivity index (χ1v) is 13.4. The van der Waals surface area contributed by atoms with E-state index in [0.29, 0.717) is 23.1 Å². The standard InChI is InChI=1S/C25H33F3N4O2S/c1-34-21(33)10-17-2-4-18(5-3-17)13-31-8-6-24(14-31)7-9-32(15-24)22-20-11-19(12-25(26,27)28)35-23(20)30-16-29-22/h11,16-18H,2-10,12-15H2,1H3. The Balaban J connectivity index is 1.17. The monoisotopic (exact) mass is 510 g/mol. The van der Waals surface area contributed by atoms with Crippen molar-refractivity contribution in [3.05, 3.63) is 17.3 Å². The second-order valence-electron chi connectivity index (χ2n) is 10.7. The molecular formula is C25H33F3N4O2S. The van der Waals surface area contributed by atoms with E-state index < -0.39 is 12.6 Å². The summed E-state index contributed by atoms with van der Waals surface area (Å²) in [6.45, 7) is 5.07. The number of hydrogen-bond donors (Lipinski definition) is 0. The molecule has 0 radical (unpaired) electrons. The van der Waals surface area contributed by atoms with Crippen molar-refractivity contribution in [2.24, 2.45) is 17.3 Å². The Hall–Kier alpha value is -1.94. The van der Waals surface area contributed by atoms with Gasteiger partial charge in [-0.2, -0.15) is 13.2 Å². The van der Waals surface area contributed by atoms with Gasteiger partial charge in [-0.05, 0) is 63.0 Å². The zero-order valence-electron chi connectivity index (χ0n) is 20.1. The Morgan fingerprint density at radius 2 is 1.89 bits per heavy atom. The van der Waals surface area contributed by atoms with Crippen LogP contribution in [-0.4, -0.2) is 66.8 Å². The summed E-state index contributed by atoms with van der Waals surface area (Å²) < 4.78 is 43.5. The van der Waals surface area contributed by atoms with E-state index in [0.717, 1.165) is 80.9 Å². The molecule has 3 fully saturated rings. The van der Waals surface area contributed by atoms with E-state index >= 15 is 0 Å². The lowest BCUT2D eigenvalue weighted by molar-refractivity contribution is -0.142. The fourth-order valence-electron chi connectivity index (χ4n) is 6.36. The molecule has 1 saturated carbocycles. The summed E-state index contributed by atoms with van der Waals surface area (Å²) in [5.74, 6) is 1.83. The van der Waals surface area contributed by atoms with Crippen LogP contribution in [0.5, 0.6) is 0 Å². The number of alkyl halides is 3. The maximum atomic E-state index is 12.9. The third-order valence-corrected chi connectivity index (χ3v) is 9.20. The van der Waals surface area contributed by atoms with Crippen molar-refractivity contribution < 1.29 is 22.7 Å². The number of esters is 1. The van der Waals surface area contributed by atoms with Gasteiger partial charge in [-0.3, -0.25) is 4.79 Å². The molecule has 2 aromatic heterocycles. The molecule has 1 atom stereocenters. The number of nitrogens with zero attached hydrogens (tertiary/aromatic N) is 4. The third kappa shape index (κ3) is 5.74. The number of fused-ring (bicyclic) bond motifs is 1. The molecule has 0 aromatic carbocycles. The Morgan fingerprint density at radius 3 is 2.63 bits per heavy atom. The quantitative estimate of drug-likeness (QED) is 0.506. The van der Waals surface area contributed by atoms with E-state index in [1.807, 2.05) is 0 Å². The van der Waals surface area contributed by atoms with E-state index in [-0.39, 0.29) is 16.3 Å². The molecule has 6 nitrogen and oxygen atoms in total. The number of methoxy groups -OCH3 is 1. The number of likely N-dealkylation sites (tertiary alicyclic amines) is 1. The smallest absolute Gasteiger partial charge is 0.393 e. The second-order valence-corrected chi connectivity index (χ2v) is 11.9. The molecule has 3 aliphatic rings. The lowest BCUT2D eigenvalue weighted by Gasteiger charge is -2.31. The minimum atomic E-state index is -4.22. The number of carbonyl (C=O) groups excluding carboxylic acids is 1. The second kappa shape index (κ2) is 9.84. The molecular weight excluding hydrogens is 477 g/mol. The van der Waals surface area contributed by atoms with Gasteiger partial charge in [-0.1, -0.05) is 0 Å². The van der Waals surface area contributed by atoms with Crippen molar-refractivity contribution in [3.8, 4) is 0 Å². The normalized spacial score (nSPS) is 27.8. The van der Waals surface area contributed by atoms with Crippen molar-refractivity contribution in [3.63, 3.8) is 0 Å². The number of thiophene rings is 1. The average Bonchev–Trinajstić information content (AvgIpc) is 3.52. The van der Waals surface area contributed by atoms with Gasteiger partial charge >= 0.3 is 12.1 Å². The van der Waals surface area contributed by atoms with Gasteiger partial charge < -0.3 is 14.5 Å². The number of hydrogen-bond acceptors (Lipinski definition) is 7. The fraction of sp³-hybridized carbons (Fsp3) is 0.720. The SMILES string of the molecule is COC(=O)CC1CCC(CN2CCC3(CCN(c4ncnc5sc(CC(F)(F)F)cc45)C3)C2)CC1. The number of aromatic nitrogens is 2. The van der Waals surface area contributed by atoms with E-state index in [1.165, 1.54) is 26.3 Å². The van der Waals surface area contributed by atoms with Gasteiger partial charge in [-0.15, -0.1) is 11.3 Å². The lowest BCUT2D eigenvalue weighted by Crippen LogP contribution is -2.34. The summed E-state index contributed by atoms with van der Waals surface area (Å²) in [5.41, 5.74) is 0.226. The average molecular weight is 511 g/mol. The van der Waals surface area contributed by atoms with Crippen LogP contribution < -0.4 is 4.90 Å². The minimum absolute atomic E-state index is 0.0966.